The molecule has 0 aliphatic carbocycles. The first-order valence-corrected chi connectivity index (χ1v) is 8.32. The molecule has 0 bridgehead atoms. The van der Waals surface area contributed by atoms with Crippen LogP contribution in [0.15, 0.2) is 48.8 Å². The maximum Gasteiger partial charge on any atom is 0.225 e. The van der Waals surface area contributed by atoms with Gasteiger partial charge in [0.15, 0.2) is 0 Å². The van der Waals surface area contributed by atoms with Crippen LogP contribution in [0.25, 0.3) is 11.3 Å². The second-order valence-electron chi connectivity index (χ2n) is 5.68. The number of rotatable bonds is 6. The van der Waals surface area contributed by atoms with E-state index in [-0.39, 0.29) is 18.3 Å². The van der Waals surface area contributed by atoms with Crippen LogP contribution in [0.2, 0.25) is 5.02 Å². The summed E-state index contributed by atoms with van der Waals surface area (Å²) in [5.41, 5.74) is 1.59. The molecule has 134 valence electrons. The fourth-order valence-corrected chi connectivity index (χ4v) is 2.41. The van der Waals surface area contributed by atoms with Crippen molar-refractivity contribution in [1.29, 1.82) is 0 Å². The van der Waals surface area contributed by atoms with Gasteiger partial charge in [-0.3, -0.25) is 4.98 Å². The Morgan fingerprint density at radius 2 is 2.08 bits per heavy atom. The molecule has 2 aromatic heterocycles. The lowest BCUT2D eigenvalue weighted by Gasteiger charge is -2.14. The van der Waals surface area contributed by atoms with Crippen LogP contribution < -0.4 is 10.6 Å². The first-order valence-electron chi connectivity index (χ1n) is 7.94. The van der Waals surface area contributed by atoms with Crippen molar-refractivity contribution in [3.63, 3.8) is 0 Å². The van der Waals surface area contributed by atoms with Gasteiger partial charge in [-0.15, -0.1) is 0 Å². The maximum atomic E-state index is 14.0. The average molecular weight is 374 g/mol. The van der Waals surface area contributed by atoms with Crippen molar-refractivity contribution in [3.05, 3.63) is 59.6 Å². The minimum Gasteiger partial charge on any atom is -0.394 e. The largest absolute Gasteiger partial charge is 0.394 e. The van der Waals surface area contributed by atoms with E-state index in [4.69, 9.17) is 11.6 Å². The highest BCUT2D eigenvalue weighted by atomic mass is 35.5. The maximum absolute atomic E-state index is 14.0. The molecule has 3 N–H and O–H groups in total. The minimum absolute atomic E-state index is 0.0772. The highest BCUT2D eigenvalue weighted by molar-refractivity contribution is 6.30. The van der Waals surface area contributed by atoms with Gasteiger partial charge >= 0.3 is 0 Å². The quantitative estimate of drug-likeness (QED) is 0.608. The molecule has 26 heavy (non-hydrogen) atoms. The summed E-state index contributed by atoms with van der Waals surface area (Å²) < 4.78 is 14.0. The van der Waals surface area contributed by atoms with Crippen molar-refractivity contribution in [2.45, 2.75) is 13.0 Å². The Balaban J connectivity index is 2.00. The van der Waals surface area contributed by atoms with Gasteiger partial charge in [0, 0.05) is 35.1 Å². The van der Waals surface area contributed by atoms with E-state index in [9.17, 15) is 9.50 Å². The molecule has 0 unspecified atom stereocenters. The Kier molecular flexibility index (Phi) is 5.60. The van der Waals surface area contributed by atoms with Gasteiger partial charge < -0.3 is 15.7 Å². The van der Waals surface area contributed by atoms with E-state index < -0.39 is 5.82 Å². The number of aliphatic hydroxyl groups is 1. The third-order valence-corrected chi connectivity index (χ3v) is 3.76. The molecule has 3 aromatic rings. The third-order valence-electron chi connectivity index (χ3n) is 3.52. The minimum atomic E-state index is -0.450. The Morgan fingerprint density at radius 3 is 2.81 bits per heavy atom. The summed E-state index contributed by atoms with van der Waals surface area (Å²) in [6, 6.07) is 9.33. The lowest BCUT2D eigenvalue weighted by atomic mass is 10.2. The summed E-state index contributed by atoms with van der Waals surface area (Å²) in [6.45, 7) is 1.72. The van der Waals surface area contributed by atoms with E-state index in [1.807, 2.05) is 6.07 Å². The van der Waals surface area contributed by atoms with Crippen molar-refractivity contribution in [3.8, 4) is 11.3 Å². The summed E-state index contributed by atoms with van der Waals surface area (Å²) in [5, 5.41) is 15.6. The molecular formula is C18H17ClFN5O. The van der Waals surface area contributed by atoms with Crippen LogP contribution >= 0.6 is 11.6 Å². The molecular weight excluding hydrogens is 357 g/mol. The molecule has 0 radical (unpaired) electrons. The predicted octanol–water partition coefficient (Wildman–Crippen LogP) is 3.87. The molecule has 0 aliphatic rings. The van der Waals surface area contributed by atoms with Gasteiger partial charge in [-0.25, -0.2) is 9.37 Å². The first kappa shape index (κ1) is 18.0. The number of hydrogen-bond acceptors (Lipinski definition) is 6. The number of nitrogens with zero attached hydrogens (tertiary/aromatic N) is 3. The van der Waals surface area contributed by atoms with Crippen LogP contribution in [-0.4, -0.2) is 32.7 Å². The molecule has 0 aliphatic heterocycles. The van der Waals surface area contributed by atoms with Gasteiger partial charge in [0.1, 0.15) is 11.6 Å². The molecule has 1 aromatic carbocycles. The smallest absolute Gasteiger partial charge is 0.225 e. The topological polar surface area (TPSA) is 83.0 Å². The highest BCUT2D eigenvalue weighted by Gasteiger charge is 2.11. The van der Waals surface area contributed by atoms with Crippen molar-refractivity contribution < 1.29 is 9.50 Å². The van der Waals surface area contributed by atoms with Gasteiger partial charge in [0.2, 0.25) is 5.95 Å². The van der Waals surface area contributed by atoms with Crippen molar-refractivity contribution in [2.75, 3.05) is 17.2 Å². The number of anilines is 3. The number of aliphatic hydroxyl groups excluding tert-OH is 1. The van der Waals surface area contributed by atoms with Crippen molar-refractivity contribution in [2.24, 2.45) is 0 Å². The molecule has 8 heteroatoms. The summed E-state index contributed by atoms with van der Waals surface area (Å²) in [5.74, 6) is 0.236. The summed E-state index contributed by atoms with van der Waals surface area (Å²) in [6.07, 6.45) is 3.34. The number of halogens is 2. The van der Waals surface area contributed by atoms with E-state index in [1.54, 1.807) is 31.5 Å². The Hall–Kier alpha value is -2.77. The molecule has 0 amide bonds. The zero-order chi connectivity index (χ0) is 18.5. The van der Waals surface area contributed by atoms with E-state index >= 15 is 0 Å². The summed E-state index contributed by atoms with van der Waals surface area (Å²) in [4.78, 5) is 12.9. The highest BCUT2D eigenvalue weighted by Crippen LogP contribution is 2.26. The third kappa shape index (κ3) is 4.44. The van der Waals surface area contributed by atoms with Gasteiger partial charge in [-0.2, -0.15) is 4.98 Å². The molecule has 1 atom stereocenters. The number of aromatic nitrogens is 3. The van der Waals surface area contributed by atoms with E-state index in [0.29, 0.717) is 22.5 Å². The number of nitrogens with one attached hydrogen (secondary N) is 2. The molecule has 2 heterocycles. The predicted molar refractivity (Wildman–Crippen MR) is 100 cm³/mol. The average Bonchev–Trinajstić information content (AvgIpc) is 2.65. The monoisotopic (exact) mass is 373 g/mol. The van der Waals surface area contributed by atoms with E-state index in [0.717, 1.165) is 5.56 Å². The van der Waals surface area contributed by atoms with E-state index in [1.165, 1.54) is 18.2 Å². The second kappa shape index (κ2) is 8.07. The van der Waals surface area contributed by atoms with Gasteiger partial charge in [-0.05, 0) is 37.3 Å². The fourth-order valence-electron chi connectivity index (χ4n) is 2.24. The molecule has 6 nitrogen and oxygen atoms in total. The molecule has 0 saturated heterocycles. The van der Waals surface area contributed by atoms with Crippen LogP contribution in [0.5, 0.6) is 0 Å². The molecule has 0 saturated carbocycles. The molecule has 3 rings (SSSR count). The number of benzene rings is 1. The van der Waals surface area contributed by atoms with Crippen LogP contribution in [0.4, 0.5) is 21.8 Å². The standard InChI is InChI=1S/C18H17ClFN5O/c1-11(10-26)22-18-24-15(12-3-2-6-21-9-12)8-17(25-18)23-16-7-13(19)4-5-14(16)20/h2-9,11,26H,10H2,1H3,(H2,22,23,24,25)/t11-/m1/s1. The van der Waals surface area contributed by atoms with Gasteiger partial charge in [0.05, 0.1) is 18.0 Å². The molecule has 0 spiro atoms. The zero-order valence-electron chi connectivity index (χ0n) is 13.9. The zero-order valence-corrected chi connectivity index (χ0v) is 14.7. The van der Waals surface area contributed by atoms with Crippen LogP contribution in [-0.2, 0) is 0 Å². The second-order valence-corrected chi connectivity index (χ2v) is 6.12. The Bertz CT molecular complexity index is 894. The van der Waals surface area contributed by atoms with Crippen molar-refractivity contribution >= 4 is 29.1 Å². The number of pyridine rings is 1. The van der Waals surface area contributed by atoms with Crippen molar-refractivity contribution in [1.82, 2.24) is 15.0 Å². The summed E-state index contributed by atoms with van der Waals surface area (Å²) >= 11 is 5.94. The molecule has 0 fully saturated rings. The number of hydrogen-bond donors (Lipinski definition) is 3. The van der Waals surface area contributed by atoms with Crippen LogP contribution in [0.3, 0.4) is 0 Å². The SMILES string of the molecule is C[C@H](CO)Nc1nc(Nc2cc(Cl)ccc2F)cc(-c2cccnc2)n1. The normalized spacial score (nSPS) is 11.8. The summed E-state index contributed by atoms with van der Waals surface area (Å²) in [7, 11) is 0. The fraction of sp³-hybridized carbons (Fsp3) is 0.167. The lowest BCUT2D eigenvalue weighted by molar-refractivity contribution is 0.281. The van der Waals surface area contributed by atoms with Gasteiger partial charge in [-0.1, -0.05) is 11.6 Å². The van der Waals surface area contributed by atoms with Crippen LogP contribution in [0.1, 0.15) is 6.92 Å². The van der Waals surface area contributed by atoms with E-state index in [2.05, 4.69) is 25.6 Å². The van der Waals surface area contributed by atoms with Crippen LogP contribution in [0, 0.1) is 5.82 Å². The lowest BCUT2D eigenvalue weighted by Crippen LogP contribution is -2.21. The first-order chi connectivity index (χ1) is 12.5. The Labute approximate surface area is 155 Å². The van der Waals surface area contributed by atoms with Gasteiger partial charge in [0.25, 0.3) is 0 Å². The Morgan fingerprint density at radius 1 is 1.23 bits per heavy atom.